The minimum absolute atomic E-state index is 0.223. The zero-order chi connectivity index (χ0) is 17.3. The molecule has 0 saturated carbocycles. The van der Waals surface area contributed by atoms with Crippen molar-refractivity contribution in [2.24, 2.45) is 0 Å². The maximum absolute atomic E-state index is 12.1. The van der Waals surface area contributed by atoms with Crippen LogP contribution in [0, 0.1) is 6.92 Å². The number of thioether (sulfide) groups is 1. The molecular formula is C16H18N4O3S. The second-order valence-corrected chi connectivity index (χ2v) is 7.15. The molecule has 0 bridgehead atoms. The summed E-state index contributed by atoms with van der Waals surface area (Å²) >= 11 is 1.32. The molecule has 1 N–H and O–H groups in total. The van der Waals surface area contributed by atoms with E-state index in [9.17, 15) is 9.59 Å². The number of nitrogens with zero attached hydrogens (tertiary/aromatic N) is 3. The highest BCUT2D eigenvalue weighted by molar-refractivity contribution is 7.99. The predicted molar refractivity (Wildman–Crippen MR) is 89.5 cm³/mol. The molecule has 0 atom stereocenters. The first kappa shape index (κ1) is 16.5. The molecule has 1 aliphatic rings. The monoisotopic (exact) mass is 346 g/mol. The average molecular weight is 346 g/mol. The van der Waals surface area contributed by atoms with Crippen LogP contribution in [0.25, 0.3) is 11.5 Å². The van der Waals surface area contributed by atoms with Gasteiger partial charge >= 0.3 is 6.03 Å². The van der Waals surface area contributed by atoms with E-state index in [0.29, 0.717) is 23.4 Å². The third-order valence-electron chi connectivity index (χ3n) is 3.69. The lowest BCUT2D eigenvalue weighted by Gasteiger charge is -2.15. The number of urea groups is 1. The molecule has 0 radical (unpaired) electrons. The number of amides is 3. The van der Waals surface area contributed by atoms with Crippen LogP contribution < -0.4 is 5.32 Å². The normalized spacial score (nSPS) is 16.5. The molecule has 1 aromatic heterocycles. The second-order valence-electron chi connectivity index (χ2n) is 6.10. The fourth-order valence-electron chi connectivity index (χ4n) is 2.33. The molecule has 1 aromatic carbocycles. The topological polar surface area (TPSA) is 88.3 Å². The molecule has 2 heterocycles. The first-order valence-corrected chi connectivity index (χ1v) is 8.53. The number of carbonyl (C=O) groups excluding carboxylic acids is 2. The summed E-state index contributed by atoms with van der Waals surface area (Å²) in [5.74, 6) is 0.720. The number of benzene rings is 1. The van der Waals surface area contributed by atoms with Crippen molar-refractivity contribution in [3.63, 3.8) is 0 Å². The third kappa shape index (κ3) is 3.28. The Balaban J connectivity index is 1.57. The number of aryl methyl sites for hydroxylation is 1. The molecule has 7 nitrogen and oxygen atoms in total. The zero-order valence-corrected chi connectivity index (χ0v) is 14.5. The van der Waals surface area contributed by atoms with Gasteiger partial charge < -0.3 is 9.73 Å². The molecule has 1 saturated heterocycles. The fourth-order valence-corrected chi connectivity index (χ4v) is 3.01. The van der Waals surface area contributed by atoms with E-state index in [-0.39, 0.29) is 11.9 Å². The summed E-state index contributed by atoms with van der Waals surface area (Å²) in [6.45, 7) is 5.68. The molecule has 24 heavy (non-hydrogen) atoms. The lowest BCUT2D eigenvalue weighted by molar-refractivity contribution is -0.130. The molecule has 1 fully saturated rings. The van der Waals surface area contributed by atoms with Crippen LogP contribution in [0.2, 0.25) is 0 Å². The molecule has 1 aliphatic heterocycles. The Morgan fingerprint density at radius 1 is 1.21 bits per heavy atom. The minimum atomic E-state index is -0.842. The molecule has 3 rings (SSSR count). The SMILES string of the molecule is Cc1ccc(-c2nnc(SCCN3C(=O)NC(C)(C)C3=O)o2)cc1. The molecule has 126 valence electrons. The van der Waals surface area contributed by atoms with Crippen LogP contribution in [0.15, 0.2) is 33.9 Å². The van der Waals surface area contributed by atoms with E-state index < -0.39 is 5.54 Å². The first-order chi connectivity index (χ1) is 11.4. The Hall–Kier alpha value is -2.35. The lowest BCUT2D eigenvalue weighted by Crippen LogP contribution is -2.40. The quantitative estimate of drug-likeness (QED) is 0.661. The Labute approximate surface area is 143 Å². The van der Waals surface area contributed by atoms with E-state index in [4.69, 9.17) is 4.42 Å². The first-order valence-electron chi connectivity index (χ1n) is 7.54. The van der Waals surface area contributed by atoms with Gasteiger partial charge in [0.25, 0.3) is 11.1 Å². The van der Waals surface area contributed by atoms with E-state index in [1.54, 1.807) is 13.8 Å². The molecule has 8 heteroatoms. The Kier molecular flexibility index (Phi) is 4.31. The van der Waals surface area contributed by atoms with Crippen molar-refractivity contribution >= 4 is 23.7 Å². The molecular weight excluding hydrogens is 328 g/mol. The van der Waals surface area contributed by atoms with Gasteiger partial charge in [0.15, 0.2) is 0 Å². The second kappa shape index (κ2) is 6.27. The van der Waals surface area contributed by atoms with Crippen molar-refractivity contribution in [2.75, 3.05) is 12.3 Å². The summed E-state index contributed by atoms with van der Waals surface area (Å²) in [7, 11) is 0. The Morgan fingerprint density at radius 3 is 2.54 bits per heavy atom. The van der Waals surface area contributed by atoms with Crippen LogP contribution >= 0.6 is 11.8 Å². The average Bonchev–Trinajstić information content (AvgIpc) is 3.06. The number of carbonyl (C=O) groups is 2. The largest absolute Gasteiger partial charge is 0.411 e. The predicted octanol–water partition coefficient (Wildman–Crippen LogP) is 2.47. The Morgan fingerprint density at radius 2 is 1.92 bits per heavy atom. The summed E-state index contributed by atoms with van der Waals surface area (Å²) in [4.78, 5) is 25.1. The van der Waals surface area contributed by atoms with Crippen molar-refractivity contribution in [2.45, 2.75) is 31.5 Å². The molecule has 2 aromatic rings. The van der Waals surface area contributed by atoms with Gasteiger partial charge in [-0.15, -0.1) is 10.2 Å². The van der Waals surface area contributed by atoms with Gasteiger partial charge in [-0.05, 0) is 32.9 Å². The number of imide groups is 1. The van der Waals surface area contributed by atoms with E-state index in [1.807, 2.05) is 31.2 Å². The van der Waals surface area contributed by atoms with E-state index in [0.717, 1.165) is 11.1 Å². The van der Waals surface area contributed by atoms with Gasteiger partial charge in [0.2, 0.25) is 5.89 Å². The van der Waals surface area contributed by atoms with Crippen LogP contribution in [-0.4, -0.2) is 44.9 Å². The zero-order valence-electron chi connectivity index (χ0n) is 13.7. The van der Waals surface area contributed by atoms with Crippen LogP contribution in [0.1, 0.15) is 19.4 Å². The van der Waals surface area contributed by atoms with Crippen molar-refractivity contribution < 1.29 is 14.0 Å². The van der Waals surface area contributed by atoms with E-state index in [1.165, 1.54) is 16.7 Å². The Bertz CT molecular complexity index is 770. The van der Waals surface area contributed by atoms with Crippen LogP contribution in [0.3, 0.4) is 0 Å². The number of rotatable bonds is 5. The maximum atomic E-state index is 12.1. The summed E-state index contributed by atoms with van der Waals surface area (Å²) in [5, 5.41) is 11.1. The molecule has 0 unspecified atom stereocenters. The van der Waals surface area contributed by atoms with E-state index >= 15 is 0 Å². The standard InChI is InChI=1S/C16H18N4O3S/c1-10-4-6-11(7-5-10)12-18-19-15(23-12)24-9-8-20-13(21)16(2,3)17-14(20)22/h4-7H,8-9H2,1-3H3,(H,17,22). The molecule has 0 spiro atoms. The van der Waals surface area contributed by atoms with Gasteiger partial charge in [-0.3, -0.25) is 9.69 Å². The van der Waals surface area contributed by atoms with Crippen LogP contribution in [0.5, 0.6) is 0 Å². The minimum Gasteiger partial charge on any atom is -0.411 e. The summed E-state index contributed by atoms with van der Waals surface area (Å²) in [5.41, 5.74) is 1.17. The van der Waals surface area contributed by atoms with Gasteiger partial charge in [-0.25, -0.2) is 4.79 Å². The number of hydrogen-bond acceptors (Lipinski definition) is 6. The fraction of sp³-hybridized carbons (Fsp3) is 0.375. The number of hydrogen-bond donors (Lipinski definition) is 1. The smallest absolute Gasteiger partial charge is 0.325 e. The van der Waals surface area contributed by atoms with Crippen molar-refractivity contribution in [3.8, 4) is 11.5 Å². The molecule has 0 aliphatic carbocycles. The lowest BCUT2D eigenvalue weighted by atomic mass is 10.1. The summed E-state index contributed by atoms with van der Waals surface area (Å²) in [6, 6.07) is 7.44. The van der Waals surface area contributed by atoms with Gasteiger partial charge in [0.05, 0.1) is 0 Å². The van der Waals surface area contributed by atoms with Crippen molar-refractivity contribution in [1.82, 2.24) is 20.4 Å². The molecule has 3 amide bonds. The van der Waals surface area contributed by atoms with Gasteiger partial charge in [0, 0.05) is 17.9 Å². The third-order valence-corrected chi connectivity index (χ3v) is 4.49. The van der Waals surface area contributed by atoms with Crippen LogP contribution in [-0.2, 0) is 4.79 Å². The van der Waals surface area contributed by atoms with Crippen LogP contribution in [0.4, 0.5) is 4.79 Å². The highest BCUT2D eigenvalue weighted by Gasteiger charge is 2.43. The van der Waals surface area contributed by atoms with Crippen molar-refractivity contribution in [1.29, 1.82) is 0 Å². The highest BCUT2D eigenvalue weighted by Crippen LogP contribution is 2.24. The van der Waals surface area contributed by atoms with Gasteiger partial charge in [0.1, 0.15) is 5.54 Å². The maximum Gasteiger partial charge on any atom is 0.325 e. The number of nitrogens with one attached hydrogen (secondary N) is 1. The van der Waals surface area contributed by atoms with Gasteiger partial charge in [-0.2, -0.15) is 0 Å². The number of aromatic nitrogens is 2. The summed E-state index contributed by atoms with van der Waals surface area (Å²) < 4.78 is 5.61. The summed E-state index contributed by atoms with van der Waals surface area (Å²) in [6.07, 6.45) is 0. The van der Waals surface area contributed by atoms with Crippen molar-refractivity contribution in [3.05, 3.63) is 29.8 Å². The van der Waals surface area contributed by atoms with E-state index in [2.05, 4.69) is 15.5 Å². The van der Waals surface area contributed by atoms with Gasteiger partial charge in [-0.1, -0.05) is 29.5 Å². The highest BCUT2D eigenvalue weighted by atomic mass is 32.2.